The summed E-state index contributed by atoms with van der Waals surface area (Å²) in [5.41, 5.74) is 0.730. The molecule has 1 aromatic rings. The van der Waals surface area contributed by atoms with Gasteiger partial charge in [-0.2, -0.15) is 0 Å². The van der Waals surface area contributed by atoms with Crippen LogP contribution in [-0.2, 0) is 4.74 Å². The van der Waals surface area contributed by atoms with E-state index in [9.17, 15) is 4.79 Å². The molecule has 1 heterocycles. The molecule has 18 heavy (non-hydrogen) atoms. The van der Waals surface area contributed by atoms with Crippen molar-refractivity contribution in [2.24, 2.45) is 5.92 Å². The molecule has 2 unspecified atom stereocenters. The number of carbonyl (C=O) groups is 1. The molecule has 0 saturated carbocycles. The van der Waals surface area contributed by atoms with Crippen molar-refractivity contribution >= 4 is 28.5 Å². The Hall–Kier alpha value is -0.620. The molecule has 4 heteroatoms. The first kappa shape index (κ1) is 13.8. The summed E-state index contributed by atoms with van der Waals surface area (Å²) in [7, 11) is 0. The maximum absolute atomic E-state index is 12.0. The molecule has 0 aromatic heterocycles. The summed E-state index contributed by atoms with van der Waals surface area (Å²) in [4.78, 5) is 12.0. The standard InChI is InChI=1S/C14H18INO2/c1-2-13-11(6-7-18-13)9-16-14(17)10-4-3-5-12(15)8-10/h3-5,8,11,13H,2,6-7,9H2,1H3,(H,16,17). The maximum Gasteiger partial charge on any atom is 0.251 e. The molecule has 2 atom stereocenters. The van der Waals surface area contributed by atoms with Crippen LogP contribution in [0.1, 0.15) is 30.1 Å². The monoisotopic (exact) mass is 359 g/mol. The first-order chi connectivity index (χ1) is 8.70. The zero-order valence-corrected chi connectivity index (χ0v) is 12.6. The van der Waals surface area contributed by atoms with Gasteiger partial charge in [-0.3, -0.25) is 4.79 Å². The number of rotatable bonds is 4. The molecule has 1 aromatic carbocycles. The van der Waals surface area contributed by atoms with Gasteiger partial charge in [0.15, 0.2) is 0 Å². The number of ether oxygens (including phenoxy) is 1. The third kappa shape index (κ3) is 3.45. The number of amides is 1. The fourth-order valence-corrected chi connectivity index (χ4v) is 2.88. The van der Waals surface area contributed by atoms with Gasteiger partial charge in [-0.1, -0.05) is 13.0 Å². The van der Waals surface area contributed by atoms with E-state index in [1.165, 1.54) is 0 Å². The van der Waals surface area contributed by atoms with Crippen LogP contribution in [-0.4, -0.2) is 25.2 Å². The van der Waals surface area contributed by atoms with E-state index in [1.807, 2.05) is 24.3 Å². The highest BCUT2D eigenvalue weighted by Gasteiger charge is 2.26. The quantitative estimate of drug-likeness (QED) is 0.840. The Morgan fingerprint density at radius 2 is 2.39 bits per heavy atom. The number of nitrogens with one attached hydrogen (secondary N) is 1. The minimum atomic E-state index is 0.00951. The summed E-state index contributed by atoms with van der Waals surface area (Å²) in [6.45, 7) is 3.66. The zero-order valence-electron chi connectivity index (χ0n) is 10.5. The van der Waals surface area contributed by atoms with Crippen LogP contribution in [0.25, 0.3) is 0 Å². The molecule has 1 amide bonds. The van der Waals surface area contributed by atoms with Crippen molar-refractivity contribution in [3.05, 3.63) is 33.4 Å². The molecule has 0 spiro atoms. The first-order valence-corrected chi connectivity index (χ1v) is 7.44. The minimum Gasteiger partial charge on any atom is -0.378 e. The van der Waals surface area contributed by atoms with Crippen molar-refractivity contribution in [2.75, 3.05) is 13.2 Å². The fraction of sp³-hybridized carbons (Fsp3) is 0.500. The van der Waals surface area contributed by atoms with Gasteiger partial charge < -0.3 is 10.1 Å². The van der Waals surface area contributed by atoms with Gasteiger partial charge in [-0.05, 0) is 53.6 Å². The number of hydrogen-bond donors (Lipinski definition) is 1. The minimum absolute atomic E-state index is 0.00951. The Bertz CT molecular complexity index is 422. The summed E-state index contributed by atoms with van der Waals surface area (Å²) in [6, 6.07) is 7.64. The Kier molecular flexibility index (Phi) is 5.00. The van der Waals surface area contributed by atoms with E-state index in [1.54, 1.807) is 0 Å². The van der Waals surface area contributed by atoms with Crippen LogP contribution in [0, 0.1) is 9.49 Å². The van der Waals surface area contributed by atoms with Crippen LogP contribution in [0.2, 0.25) is 0 Å². The lowest BCUT2D eigenvalue weighted by molar-refractivity contribution is 0.0827. The Balaban J connectivity index is 1.88. The Morgan fingerprint density at radius 1 is 1.56 bits per heavy atom. The third-order valence-electron chi connectivity index (χ3n) is 3.36. The van der Waals surface area contributed by atoms with Gasteiger partial charge in [0.1, 0.15) is 0 Å². The van der Waals surface area contributed by atoms with Gasteiger partial charge in [0.2, 0.25) is 0 Å². The molecule has 1 saturated heterocycles. The molecule has 0 bridgehead atoms. The zero-order chi connectivity index (χ0) is 13.0. The van der Waals surface area contributed by atoms with E-state index >= 15 is 0 Å². The largest absolute Gasteiger partial charge is 0.378 e. The van der Waals surface area contributed by atoms with Gasteiger partial charge >= 0.3 is 0 Å². The second-order valence-corrected chi connectivity index (χ2v) is 5.83. The van der Waals surface area contributed by atoms with Crippen LogP contribution in [0.4, 0.5) is 0 Å². The topological polar surface area (TPSA) is 38.3 Å². The molecule has 1 aliphatic heterocycles. The fourth-order valence-electron chi connectivity index (χ4n) is 2.33. The van der Waals surface area contributed by atoms with Crippen LogP contribution in [0.5, 0.6) is 0 Å². The highest BCUT2D eigenvalue weighted by Crippen LogP contribution is 2.22. The Morgan fingerprint density at radius 3 is 3.11 bits per heavy atom. The molecule has 1 N–H and O–H groups in total. The van der Waals surface area contributed by atoms with Gasteiger partial charge in [0.25, 0.3) is 5.91 Å². The van der Waals surface area contributed by atoms with E-state index in [-0.39, 0.29) is 5.91 Å². The number of benzene rings is 1. The van der Waals surface area contributed by atoms with Crippen LogP contribution in [0.15, 0.2) is 24.3 Å². The van der Waals surface area contributed by atoms with E-state index in [2.05, 4.69) is 34.8 Å². The lowest BCUT2D eigenvalue weighted by atomic mass is 9.99. The van der Waals surface area contributed by atoms with E-state index in [0.717, 1.165) is 28.6 Å². The Labute approximate surface area is 121 Å². The van der Waals surface area contributed by atoms with Crippen molar-refractivity contribution in [2.45, 2.75) is 25.9 Å². The normalized spacial score (nSPS) is 23.0. The van der Waals surface area contributed by atoms with Crippen molar-refractivity contribution in [1.29, 1.82) is 0 Å². The van der Waals surface area contributed by atoms with Gasteiger partial charge in [0, 0.05) is 28.2 Å². The third-order valence-corrected chi connectivity index (χ3v) is 4.03. The van der Waals surface area contributed by atoms with E-state index in [0.29, 0.717) is 18.6 Å². The lowest BCUT2D eigenvalue weighted by Crippen LogP contribution is -2.32. The average Bonchev–Trinajstić information content (AvgIpc) is 2.83. The summed E-state index contributed by atoms with van der Waals surface area (Å²) < 4.78 is 6.70. The summed E-state index contributed by atoms with van der Waals surface area (Å²) in [5.74, 6) is 0.469. The van der Waals surface area contributed by atoms with Gasteiger partial charge in [-0.15, -0.1) is 0 Å². The lowest BCUT2D eigenvalue weighted by Gasteiger charge is -2.17. The molecule has 98 valence electrons. The van der Waals surface area contributed by atoms with Crippen LogP contribution >= 0.6 is 22.6 Å². The maximum atomic E-state index is 12.0. The second-order valence-electron chi connectivity index (χ2n) is 4.59. The molecule has 2 rings (SSSR count). The molecule has 1 aliphatic rings. The van der Waals surface area contributed by atoms with E-state index < -0.39 is 0 Å². The van der Waals surface area contributed by atoms with Crippen molar-refractivity contribution in [3.63, 3.8) is 0 Å². The summed E-state index contributed by atoms with van der Waals surface area (Å²) in [6.07, 6.45) is 2.37. The highest BCUT2D eigenvalue weighted by atomic mass is 127. The van der Waals surface area contributed by atoms with Gasteiger partial charge in [0.05, 0.1) is 6.10 Å². The number of hydrogen-bond acceptors (Lipinski definition) is 2. The molecule has 1 fully saturated rings. The molecule has 3 nitrogen and oxygen atoms in total. The van der Waals surface area contributed by atoms with E-state index in [4.69, 9.17) is 4.74 Å². The average molecular weight is 359 g/mol. The number of carbonyl (C=O) groups excluding carboxylic acids is 1. The highest BCUT2D eigenvalue weighted by molar-refractivity contribution is 14.1. The first-order valence-electron chi connectivity index (χ1n) is 6.36. The predicted molar refractivity (Wildman–Crippen MR) is 79.6 cm³/mol. The number of halogens is 1. The SMILES string of the molecule is CCC1OCCC1CNC(=O)c1cccc(I)c1. The van der Waals surface area contributed by atoms with Crippen LogP contribution in [0.3, 0.4) is 0 Å². The molecular weight excluding hydrogens is 341 g/mol. The predicted octanol–water partition coefficient (Wildman–Crippen LogP) is 2.84. The van der Waals surface area contributed by atoms with Gasteiger partial charge in [-0.25, -0.2) is 0 Å². The molecular formula is C14H18INO2. The summed E-state index contributed by atoms with van der Waals surface area (Å²) >= 11 is 2.21. The molecule has 0 aliphatic carbocycles. The second kappa shape index (κ2) is 6.52. The van der Waals surface area contributed by atoms with Crippen molar-refractivity contribution in [3.8, 4) is 0 Å². The summed E-state index contributed by atoms with van der Waals surface area (Å²) in [5, 5.41) is 3.01. The van der Waals surface area contributed by atoms with Crippen molar-refractivity contribution < 1.29 is 9.53 Å². The smallest absolute Gasteiger partial charge is 0.251 e. The van der Waals surface area contributed by atoms with Crippen molar-refractivity contribution in [1.82, 2.24) is 5.32 Å². The van der Waals surface area contributed by atoms with Crippen LogP contribution < -0.4 is 5.32 Å². The molecule has 0 radical (unpaired) electrons.